The average Bonchev–Trinajstić information content (AvgIpc) is 3.56. The van der Waals surface area contributed by atoms with Crippen LogP contribution in [0.15, 0.2) is 35.0 Å². The lowest BCUT2D eigenvalue weighted by Crippen LogP contribution is -2.40. The normalized spacial score (nSPS) is 14.8. The number of benzene rings is 1. The molecule has 0 atom stereocenters. The minimum absolute atomic E-state index is 0.00474. The second-order valence-corrected chi connectivity index (χ2v) is 19.1. The lowest BCUT2D eigenvalue weighted by Gasteiger charge is -2.37. The summed E-state index contributed by atoms with van der Waals surface area (Å²) in [6, 6.07) is 4.82. The van der Waals surface area contributed by atoms with Crippen molar-refractivity contribution in [3.63, 3.8) is 0 Å². The highest BCUT2D eigenvalue weighted by Crippen LogP contribution is 2.39. The number of hydrogen-bond donors (Lipinski definition) is 0. The van der Waals surface area contributed by atoms with Crippen LogP contribution in [0.1, 0.15) is 51.0 Å². The van der Waals surface area contributed by atoms with Gasteiger partial charge in [0.25, 0.3) is 0 Å². The van der Waals surface area contributed by atoms with E-state index in [0.29, 0.717) is 55.1 Å². The van der Waals surface area contributed by atoms with E-state index in [2.05, 4.69) is 41.7 Å². The molecular weight excluding hydrogens is 586 g/mol. The zero-order valence-electron chi connectivity index (χ0n) is 26.2. The van der Waals surface area contributed by atoms with E-state index in [4.69, 9.17) is 18.6 Å². The third-order valence-corrected chi connectivity index (χ3v) is 9.39. The van der Waals surface area contributed by atoms with Crippen LogP contribution in [0.5, 0.6) is 11.5 Å². The van der Waals surface area contributed by atoms with Gasteiger partial charge < -0.3 is 23.2 Å². The smallest absolute Gasteiger partial charge is 0.250 e. The fraction of sp³-hybridized carbons (Fsp3) is 0.500. The monoisotopic (exact) mass is 626 g/mol. The Labute approximate surface area is 256 Å². The van der Waals surface area contributed by atoms with E-state index in [1.54, 1.807) is 10.8 Å². The molecule has 0 saturated carbocycles. The molecule has 3 aromatic heterocycles. The van der Waals surface area contributed by atoms with Crippen molar-refractivity contribution in [1.29, 1.82) is 0 Å². The Morgan fingerprint density at radius 2 is 1.89 bits per heavy atom. The number of aromatic nitrogens is 4. The summed E-state index contributed by atoms with van der Waals surface area (Å²) in [4.78, 5) is 17.1. The molecular formula is C32H40F2N4O5Si. The molecule has 0 amide bonds. The van der Waals surface area contributed by atoms with Crippen LogP contribution in [0.4, 0.5) is 8.78 Å². The van der Waals surface area contributed by atoms with Crippen molar-refractivity contribution in [2.45, 2.75) is 78.4 Å². The minimum atomic E-state index is -1.29. The molecule has 4 heterocycles. The number of fused-ring (bicyclic) bond motifs is 1. The second kappa shape index (κ2) is 12.9. The van der Waals surface area contributed by atoms with Crippen LogP contribution in [0.25, 0.3) is 22.5 Å². The molecule has 1 fully saturated rings. The second-order valence-electron chi connectivity index (χ2n) is 13.5. The van der Waals surface area contributed by atoms with Gasteiger partial charge in [0.1, 0.15) is 23.9 Å². The molecule has 0 N–H and O–H groups in total. The highest BCUT2D eigenvalue weighted by molar-refractivity contribution is 6.76. The van der Waals surface area contributed by atoms with Crippen LogP contribution in [-0.4, -0.2) is 53.4 Å². The fourth-order valence-corrected chi connectivity index (χ4v) is 5.68. The minimum Gasteiger partial charge on any atom is -0.450 e. The number of ketones is 1. The lowest BCUT2D eigenvalue weighted by molar-refractivity contribution is -0.125. The summed E-state index contributed by atoms with van der Waals surface area (Å²) in [6.45, 7) is 14.8. The highest BCUT2D eigenvalue weighted by Gasteiger charge is 2.33. The third kappa shape index (κ3) is 7.41. The van der Waals surface area contributed by atoms with E-state index in [9.17, 15) is 4.79 Å². The van der Waals surface area contributed by atoms with E-state index >= 15 is 8.78 Å². The number of ether oxygens (including phenoxy) is 3. The van der Waals surface area contributed by atoms with Crippen molar-refractivity contribution in [1.82, 2.24) is 19.7 Å². The van der Waals surface area contributed by atoms with E-state index in [1.807, 2.05) is 13.8 Å². The van der Waals surface area contributed by atoms with E-state index < -0.39 is 25.5 Å². The summed E-state index contributed by atoms with van der Waals surface area (Å²) < 4.78 is 55.5. The van der Waals surface area contributed by atoms with E-state index in [-0.39, 0.29) is 47.5 Å². The summed E-state index contributed by atoms with van der Waals surface area (Å²) in [6.07, 6.45) is 4.22. The molecule has 0 aliphatic carbocycles. The molecule has 0 bridgehead atoms. The number of pyridine rings is 1. The van der Waals surface area contributed by atoms with Gasteiger partial charge in [0.2, 0.25) is 11.8 Å². The molecule has 1 aliphatic rings. The Kier molecular flexibility index (Phi) is 9.33. The number of carbonyl (C=O) groups excluding carboxylic acids is 1. The van der Waals surface area contributed by atoms with Gasteiger partial charge in [-0.1, -0.05) is 40.4 Å². The van der Waals surface area contributed by atoms with Gasteiger partial charge in [-0.3, -0.25) is 4.79 Å². The van der Waals surface area contributed by atoms with Crippen LogP contribution in [-0.2, 0) is 27.4 Å². The van der Waals surface area contributed by atoms with Gasteiger partial charge in [0.15, 0.2) is 17.4 Å². The first kappa shape index (κ1) is 31.9. The lowest BCUT2D eigenvalue weighted by atomic mass is 9.82. The van der Waals surface area contributed by atoms with Gasteiger partial charge in [0.05, 0.1) is 24.2 Å². The van der Waals surface area contributed by atoms with Crippen LogP contribution in [0.2, 0.25) is 25.7 Å². The Balaban J connectivity index is 1.42. The van der Waals surface area contributed by atoms with Gasteiger partial charge in [0, 0.05) is 51.2 Å². The quantitative estimate of drug-likeness (QED) is 0.105. The van der Waals surface area contributed by atoms with Crippen molar-refractivity contribution in [2.75, 3.05) is 19.8 Å². The third-order valence-electron chi connectivity index (χ3n) is 7.69. The number of rotatable bonds is 14. The molecule has 0 radical (unpaired) electrons. The SMILES string of the molecule is CC(C)c1nnc(-c2cn(COCC[Si](C)(C)C)c3nccc(Oc4c(F)cc(CC(=O)CCC5(C)COC5)cc4F)c23)o1. The Morgan fingerprint density at radius 1 is 1.16 bits per heavy atom. The zero-order chi connectivity index (χ0) is 31.6. The maximum atomic E-state index is 15.3. The molecule has 1 aromatic carbocycles. The first-order valence-corrected chi connectivity index (χ1v) is 18.7. The predicted molar refractivity (Wildman–Crippen MR) is 165 cm³/mol. The van der Waals surface area contributed by atoms with Gasteiger partial charge in [-0.05, 0) is 36.2 Å². The average molecular weight is 627 g/mol. The van der Waals surface area contributed by atoms with Crippen molar-refractivity contribution >= 4 is 24.9 Å². The number of carbonyl (C=O) groups is 1. The summed E-state index contributed by atoms with van der Waals surface area (Å²) in [7, 11) is -1.29. The van der Waals surface area contributed by atoms with Gasteiger partial charge in [-0.25, -0.2) is 13.8 Å². The van der Waals surface area contributed by atoms with E-state index in [0.717, 1.165) is 18.2 Å². The Bertz CT molecular complexity index is 1620. The maximum absolute atomic E-state index is 15.3. The summed E-state index contributed by atoms with van der Waals surface area (Å²) in [5.74, 6) is -1.63. The number of hydrogen-bond acceptors (Lipinski definition) is 8. The van der Waals surface area contributed by atoms with Crippen molar-refractivity contribution in [3.05, 3.63) is 53.7 Å². The molecule has 236 valence electrons. The summed E-state index contributed by atoms with van der Waals surface area (Å²) >= 11 is 0. The molecule has 0 spiro atoms. The standard InChI is InChI=1S/C32H40F2N4O5Si/c1-20(2)30-36-37-31(43-30)23-16-38(19-40-11-12-44(4,5)6)29-27(23)26(8-10-35-29)42-28-24(33)14-21(15-25(28)34)13-22(39)7-9-32(3)17-41-18-32/h8,10,14-16,20H,7,9,11-13,17-19H2,1-6H3. The van der Waals surface area contributed by atoms with Gasteiger partial charge in [-0.2, -0.15) is 0 Å². The molecule has 44 heavy (non-hydrogen) atoms. The molecule has 9 nitrogen and oxygen atoms in total. The number of halogens is 2. The molecule has 1 aliphatic heterocycles. The molecule has 5 rings (SSSR count). The van der Waals surface area contributed by atoms with Crippen LogP contribution in [0, 0.1) is 17.0 Å². The summed E-state index contributed by atoms with van der Waals surface area (Å²) in [5.41, 5.74) is 1.23. The fourth-order valence-electron chi connectivity index (χ4n) is 4.92. The Hall–Kier alpha value is -3.48. The number of Topliss-reactive ketones (excluding diaryl/α,β-unsaturated/α-hetero) is 1. The van der Waals surface area contributed by atoms with Crippen molar-refractivity contribution in [3.8, 4) is 23.0 Å². The molecule has 4 aromatic rings. The van der Waals surface area contributed by atoms with Crippen molar-refractivity contribution in [2.24, 2.45) is 5.41 Å². The molecule has 0 unspecified atom stereocenters. The van der Waals surface area contributed by atoms with Gasteiger partial charge >= 0.3 is 0 Å². The molecule has 1 saturated heterocycles. The van der Waals surface area contributed by atoms with Crippen molar-refractivity contribution < 1.29 is 32.2 Å². The number of nitrogens with zero attached hydrogens (tertiary/aromatic N) is 4. The predicted octanol–water partition coefficient (Wildman–Crippen LogP) is 7.52. The largest absolute Gasteiger partial charge is 0.450 e. The van der Waals surface area contributed by atoms with Gasteiger partial charge in [-0.15, -0.1) is 10.2 Å². The van der Waals surface area contributed by atoms with Crippen LogP contribution in [0.3, 0.4) is 0 Å². The first-order valence-electron chi connectivity index (χ1n) is 15.0. The summed E-state index contributed by atoms with van der Waals surface area (Å²) in [5, 5.41) is 8.83. The maximum Gasteiger partial charge on any atom is 0.250 e. The first-order chi connectivity index (χ1) is 20.8. The zero-order valence-corrected chi connectivity index (χ0v) is 27.2. The topological polar surface area (TPSA) is 102 Å². The molecule has 12 heteroatoms. The van der Waals surface area contributed by atoms with E-state index in [1.165, 1.54) is 12.3 Å². The van der Waals surface area contributed by atoms with Crippen LogP contribution < -0.4 is 4.74 Å². The highest BCUT2D eigenvalue weighted by atomic mass is 28.3. The van der Waals surface area contributed by atoms with Crippen LogP contribution >= 0.6 is 0 Å². The Morgan fingerprint density at radius 3 is 2.50 bits per heavy atom.